The van der Waals surface area contributed by atoms with Gasteiger partial charge >= 0.3 is 0 Å². The Hall–Kier alpha value is -1.55. The number of nitrogens with zero attached hydrogens (tertiary/aromatic N) is 5. The SMILES string of the molecule is C=C(C)CNC(=NCC(=O)N(C)C)N1CCN(c2ccncc2Cl)CC1.I. The Labute approximate surface area is 183 Å². The van der Waals surface area contributed by atoms with Crippen molar-refractivity contribution in [2.24, 2.45) is 4.99 Å². The van der Waals surface area contributed by atoms with Crippen molar-refractivity contribution in [3.8, 4) is 0 Å². The van der Waals surface area contributed by atoms with Gasteiger partial charge in [0.2, 0.25) is 5.91 Å². The maximum Gasteiger partial charge on any atom is 0.243 e. The first-order valence-electron chi connectivity index (χ1n) is 8.60. The number of piperazine rings is 1. The third-order valence-electron chi connectivity index (χ3n) is 4.08. The van der Waals surface area contributed by atoms with E-state index >= 15 is 0 Å². The zero-order valence-corrected chi connectivity index (χ0v) is 19.2. The molecule has 0 radical (unpaired) electrons. The molecule has 1 aromatic rings. The van der Waals surface area contributed by atoms with Gasteiger partial charge in [0.1, 0.15) is 6.54 Å². The van der Waals surface area contributed by atoms with Crippen molar-refractivity contribution in [1.82, 2.24) is 20.1 Å². The Morgan fingerprint density at radius 1 is 1.37 bits per heavy atom. The highest BCUT2D eigenvalue weighted by Crippen LogP contribution is 2.25. The van der Waals surface area contributed by atoms with E-state index in [1.165, 1.54) is 0 Å². The summed E-state index contributed by atoms with van der Waals surface area (Å²) in [6.07, 6.45) is 3.42. The molecule has 1 amide bonds. The van der Waals surface area contributed by atoms with Crippen LogP contribution >= 0.6 is 35.6 Å². The van der Waals surface area contributed by atoms with Crippen LogP contribution in [0.5, 0.6) is 0 Å². The van der Waals surface area contributed by atoms with E-state index in [1.54, 1.807) is 31.4 Å². The molecule has 2 heterocycles. The minimum absolute atomic E-state index is 0. The van der Waals surface area contributed by atoms with Gasteiger partial charge in [-0.3, -0.25) is 9.78 Å². The standard InChI is InChI=1S/C18H27ClN6O.HI/c1-14(2)11-21-18(22-13-17(26)23(3)4)25-9-7-24(8-10-25)16-5-6-20-12-15(16)19;/h5-6,12H,1,7-11,13H2,2-4H3,(H,21,22);1H. The number of halogens is 2. The lowest BCUT2D eigenvalue weighted by molar-refractivity contribution is -0.127. The summed E-state index contributed by atoms with van der Waals surface area (Å²) < 4.78 is 0. The number of nitrogens with one attached hydrogen (secondary N) is 1. The first-order chi connectivity index (χ1) is 12.4. The number of anilines is 1. The van der Waals surface area contributed by atoms with Crippen LogP contribution in [-0.2, 0) is 4.79 Å². The maximum atomic E-state index is 11.9. The molecule has 0 saturated carbocycles. The third-order valence-corrected chi connectivity index (χ3v) is 4.37. The Bertz CT molecular complexity index is 674. The number of guanidine groups is 1. The number of aromatic nitrogens is 1. The molecular formula is C18H28ClIN6O. The molecule has 9 heteroatoms. The van der Waals surface area contributed by atoms with Crippen LogP contribution in [0.3, 0.4) is 0 Å². The second-order valence-electron chi connectivity index (χ2n) is 6.54. The molecule has 0 spiro atoms. The maximum absolute atomic E-state index is 11.9. The number of hydrogen-bond donors (Lipinski definition) is 1. The first-order valence-corrected chi connectivity index (χ1v) is 8.98. The fourth-order valence-electron chi connectivity index (χ4n) is 2.57. The van der Waals surface area contributed by atoms with E-state index in [9.17, 15) is 4.79 Å². The molecule has 1 aliphatic heterocycles. The van der Waals surface area contributed by atoms with Crippen LogP contribution in [0.2, 0.25) is 5.02 Å². The third kappa shape index (κ3) is 7.17. The molecule has 0 unspecified atom stereocenters. The fourth-order valence-corrected chi connectivity index (χ4v) is 2.80. The quantitative estimate of drug-likeness (QED) is 0.287. The van der Waals surface area contributed by atoms with Gasteiger partial charge in [0.25, 0.3) is 0 Å². The highest BCUT2D eigenvalue weighted by molar-refractivity contribution is 14.0. The number of pyridine rings is 1. The molecule has 1 aliphatic rings. The molecule has 1 aromatic heterocycles. The molecule has 2 rings (SSSR count). The molecule has 1 N–H and O–H groups in total. The lowest BCUT2D eigenvalue weighted by atomic mass is 10.2. The summed E-state index contributed by atoms with van der Waals surface area (Å²) in [5.41, 5.74) is 2.01. The van der Waals surface area contributed by atoms with Crippen LogP contribution in [0.15, 0.2) is 35.6 Å². The van der Waals surface area contributed by atoms with Crippen molar-refractivity contribution in [2.45, 2.75) is 6.92 Å². The lowest BCUT2D eigenvalue weighted by Gasteiger charge is -2.38. The average molecular weight is 507 g/mol. The smallest absolute Gasteiger partial charge is 0.243 e. The number of aliphatic imine (C=N–C) groups is 1. The van der Waals surface area contributed by atoms with Gasteiger partial charge < -0.3 is 20.0 Å². The van der Waals surface area contributed by atoms with E-state index in [4.69, 9.17) is 11.6 Å². The number of carbonyl (C=O) groups excluding carboxylic acids is 1. The number of hydrogen-bond acceptors (Lipinski definition) is 4. The summed E-state index contributed by atoms with van der Waals surface area (Å²) in [4.78, 5) is 26.4. The van der Waals surface area contributed by atoms with E-state index in [0.717, 1.165) is 43.4 Å². The van der Waals surface area contributed by atoms with Crippen molar-refractivity contribution in [3.63, 3.8) is 0 Å². The van der Waals surface area contributed by atoms with Crippen molar-refractivity contribution in [1.29, 1.82) is 0 Å². The fraction of sp³-hybridized carbons (Fsp3) is 0.500. The highest BCUT2D eigenvalue weighted by atomic mass is 127. The summed E-state index contributed by atoms with van der Waals surface area (Å²) in [7, 11) is 3.46. The summed E-state index contributed by atoms with van der Waals surface area (Å²) >= 11 is 6.25. The monoisotopic (exact) mass is 506 g/mol. The number of carbonyl (C=O) groups is 1. The van der Waals surface area contributed by atoms with Gasteiger partial charge in [0, 0.05) is 59.2 Å². The Morgan fingerprint density at radius 3 is 2.59 bits per heavy atom. The van der Waals surface area contributed by atoms with Crippen LogP contribution in [0, 0.1) is 0 Å². The lowest BCUT2D eigenvalue weighted by Crippen LogP contribution is -2.53. The zero-order chi connectivity index (χ0) is 19.1. The molecule has 7 nitrogen and oxygen atoms in total. The van der Waals surface area contributed by atoms with Gasteiger partial charge in [-0.2, -0.15) is 0 Å². The molecule has 0 aromatic carbocycles. The molecule has 0 bridgehead atoms. The van der Waals surface area contributed by atoms with Gasteiger partial charge in [-0.1, -0.05) is 23.8 Å². The number of rotatable bonds is 5. The van der Waals surface area contributed by atoms with Crippen molar-refractivity contribution in [3.05, 3.63) is 35.6 Å². The second kappa shape index (κ2) is 11.3. The van der Waals surface area contributed by atoms with Crippen LogP contribution < -0.4 is 10.2 Å². The zero-order valence-electron chi connectivity index (χ0n) is 16.1. The van der Waals surface area contributed by atoms with Crippen LogP contribution in [0.1, 0.15) is 6.92 Å². The predicted octanol–water partition coefficient (Wildman–Crippen LogP) is 2.08. The molecule has 1 saturated heterocycles. The summed E-state index contributed by atoms with van der Waals surface area (Å²) in [5, 5.41) is 3.96. The van der Waals surface area contributed by atoms with Crippen LogP contribution in [0.25, 0.3) is 0 Å². The second-order valence-corrected chi connectivity index (χ2v) is 6.95. The van der Waals surface area contributed by atoms with Gasteiger partial charge in [-0.05, 0) is 13.0 Å². The molecule has 27 heavy (non-hydrogen) atoms. The van der Waals surface area contributed by atoms with Gasteiger partial charge in [0.15, 0.2) is 5.96 Å². The van der Waals surface area contributed by atoms with Crippen molar-refractivity contribution in [2.75, 3.05) is 58.3 Å². The van der Waals surface area contributed by atoms with E-state index in [-0.39, 0.29) is 36.4 Å². The summed E-state index contributed by atoms with van der Waals surface area (Å²) in [6, 6.07) is 1.93. The van der Waals surface area contributed by atoms with Crippen LogP contribution in [0.4, 0.5) is 5.69 Å². The normalized spacial score (nSPS) is 14.4. The number of amides is 1. The van der Waals surface area contributed by atoms with E-state index in [2.05, 4.69) is 31.7 Å². The molecule has 0 atom stereocenters. The van der Waals surface area contributed by atoms with Crippen molar-refractivity contribution < 1.29 is 4.79 Å². The first kappa shape index (κ1) is 23.5. The molecule has 150 valence electrons. The van der Waals surface area contributed by atoms with Gasteiger partial charge in [-0.15, -0.1) is 24.0 Å². The largest absolute Gasteiger partial charge is 0.367 e. The molecule has 1 fully saturated rings. The summed E-state index contributed by atoms with van der Waals surface area (Å²) in [6.45, 7) is 9.85. The van der Waals surface area contributed by atoms with E-state index in [0.29, 0.717) is 11.6 Å². The molecular weight excluding hydrogens is 479 g/mol. The van der Waals surface area contributed by atoms with Crippen molar-refractivity contribution >= 4 is 53.1 Å². The Morgan fingerprint density at radius 2 is 2.04 bits per heavy atom. The average Bonchev–Trinajstić information content (AvgIpc) is 2.62. The Kier molecular flexibility index (Phi) is 9.86. The minimum atomic E-state index is -0.0261. The van der Waals surface area contributed by atoms with Crippen LogP contribution in [-0.4, -0.2) is 80.0 Å². The minimum Gasteiger partial charge on any atom is -0.367 e. The highest BCUT2D eigenvalue weighted by Gasteiger charge is 2.21. The number of likely N-dealkylation sites (N-methyl/N-ethyl adjacent to an activating group) is 1. The molecule has 0 aliphatic carbocycles. The van der Waals surface area contributed by atoms with Gasteiger partial charge in [-0.25, -0.2) is 4.99 Å². The topological polar surface area (TPSA) is 64.1 Å². The predicted molar refractivity (Wildman–Crippen MR) is 122 cm³/mol. The van der Waals surface area contributed by atoms with Gasteiger partial charge in [0.05, 0.1) is 10.7 Å². The van der Waals surface area contributed by atoms with E-state index in [1.807, 2.05) is 13.0 Å². The van der Waals surface area contributed by atoms with E-state index < -0.39 is 0 Å². The summed E-state index contributed by atoms with van der Waals surface area (Å²) in [5.74, 6) is 0.713. The Balaban J connectivity index is 0.00000364.